The van der Waals surface area contributed by atoms with Gasteiger partial charge in [-0.1, -0.05) is 83.8 Å². The van der Waals surface area contributed by atoms with Gasteiger partial charge in [0.1, 0.15) is 0 Å². The Morgan fingerprint density at radius 2 is 1.72 bits per heavy atom. The van der Waals surface area contributed by atoms with Crippen LogP contribution in [0.25, 0.3) is 17.0 Å². The lowest BCUT2D eigenvalue weighted by Gasteiger charge is -2.35. The summed E-state index contributed by atoms with van der Waals surface area (Å²) in [5.41, 5.74) is 6.68. The Morgan fingerprint density at radius 1 is 1.00 bits per heavy atom. The van der Waals surface area contributed by atoms with E-state index in [9.17, 15) is 4.79 Å². The number of allylic oxidation sites excluding steroid dienone is 1. The van der Waals surface area contributed by atoms with E-state index in [1.54, 1.807) is 4.90 Å². The second-order valence-corrected chi connectivity index (χ2v) is 9.42. The molecule has 2 amide bonds. The van der Waals surface area contributed by atoms with Gasteiger partial charge in [0.2, 0.25) is 5.82 Å². The third-order valence-electron chi connectivity index (χ3n) is 6.50. The average Bonchev–Trinajstić information content (AvgIpc) is 3.37. The van der Waals surface area contributed by atoms with E-state index < -0.39 is 6.04 Å². The Morgan fingerprint density at radius 3 is 2.42 bits per heavy atom. The minimum Gasteiger partial charge on any atom is -0.334 e. The van der Waals surface area contributed by atoms with Gasteiger partial charge in [-0.05, 0) is 55.2 Å². The summed E-state index contributed by atoms with van der Waals surface area (Å²) in [7, 11) is 0. The number of carbonyl (C=O) groups is 1. The van der Waals surface area contributed by atoms with E-state index in [0.717, 1.165) is 39.9 Å². The summed E-state index contributed by atoms with van der Waals surface area (Å²) in [6, 6.07) is 23.1. The molecule has 0 fully saturated rings. The number of urea groups is 1. The van der Waals surface area contributed by atoms with E-state index in [2.05, 4.69) is 41.7 Å². The van der Waals surface area contributed by atoms with Gasteiger partial charge in [0, 0.05) is 16.3 Å². The van der Waals surface area contributed by atoms with Crippen LogP contribution >= 0.6 is 11.6 Å². The van der Waals surface area contributed by atoms with Crippen LogP contribution in [-0.4, -0.2) is 21.1 Å². The van der Waals surface area contributed by atoms with Gasteiger partial charge in [-0.2, -0.15) is 4.98 Å². The van der Waals surface area contributed by atoms with Gasteiger partial charge >= 0.3 is 6.03 Å². The van der Waals surface area contributed by atoms with Crippen LogP contribution in [0, 0.1) is 6.92 Å². The minimum absolute atomic E-state index is 0.186. The largest absolute Gasteiger partial charge is 0.334 e. The lowest BCUT2D eigenvalue weighted by atomic mass is 9.94. The molecule has 0 aliphatic carbocycles. The molecule has 3 aromatic carbocycles. The van der Waals surface area contributed by atoms with Gasteiger partial charge in [0.05, 0.1) is 18.2 Å². The first-order valence-corrected chi connectivity index (χ1v) is 12.3. The minimum atomic E-state index is -0.459. The molecule has 0 bridgehead atoms. The third kappa shape index (κ3) is 4.77. The molecule has 0 saturated heterocycles. The van der Waals surface area contributed by atoms with Crippen molar-refractivity contribution < 1.29 is 9.32 Å². The van der Waals surface area contributed by atoms with E-state index in [1.165, 1.54) is 5.56 Å². The number of amides is 2. The number of halogens is 1. The second kappa shape index (κ2) is 9.99. The molecule has 0 radical (unpaired) electrons. The van der Waals surface area contributed by atoms with Crippen LogP contribution in [0.1, 0.15) is 48.0 Å². The van der Waals surface area contributed by atoms with Gasteiger partial charge in [-0.3, -0.25) is 4.90 Å². The Kier molecular flexibility index (Phi) is 6.61. The number of aryl methyl sites for hydroxylation is 2. The number of carbonyl (C=O) groups excluding carboxylic acids is 1. The van der Waals surface area contributed by atoms with E-state index in [4.69, 9.17) is 21.1 Å². The highest BCUT2D eigenvalue weighted by atomic mass is 35.5. The molecule has 1 aromatic heterocycles. The number of benzene rings is 3. The second-order valence-electron chi connectivity index (χ2n) is 8.98. The zero-order valence-electron chi connectivity index (χ0n) is 20.5. The summed E-state index contributed by atoms with van der Waals surface area (Å²) in [4.78, 5) is 19.8. The van der Waals surface area contributed by atoms with Crippen LogP contribution in [0.3, 0.4) is 0 Å². The molecule has 4 aromatic rings. The smallest absolute Gasteiger partial charge is 0.322 e. The first kappa shape index (κ1) is 23.8. The lowest BCUT2D eigenvalue weighted by molar-refractivity contribution is 0.203. The maximum atomic E-state index is 13.3. The van der Waals surface area contributed by atoms with Crippen LogP contribution in [0.4, 0.5) is 4.79 Å². The van der Waals surface area contributed by atoms with Crippen molar-refractivity contribution in [3.63, 3.8) is 0 Å². The zero-order valence-corrected chi connectivity index (χ0v) is 21.2. The Hall–Kier alpha value is -3.90. The predicted molar refractivity (Wildman–Crippen MR) is 141 cm³/mol. The summed E-state index contributed by atoms with van der Waals surface area (Å²) >= 11 is 6.13. The molecular formula is C29H27ClN4O2. The fourth-order valence-corrected chi connectivity index (χ4v) is 4.58. The average molecular weight is 499 g/mol. The quantitative estimate of drug-likeness (QED) is 0.312. The van der Waals surface area contributed by atoms with Gasteiger partial charge in [-0.25, -0.2) is 4.79 Å². The van der Waals surface area contributed by atoms with Crippen molar-refractivity contribution in [2.45, 2.75) is 39.8 Å². The fraction of sp³-hybridized carbons (Fsp3) is 0.207. The van der Waals surface area contributed by atoms with Crippen molar-refractivity contribution in [2.24, 2.45) is 0 Å². The van der Waals surface area contributed by atoms with Crippen molar-refractivity contribution in [1.29, 1.82) is 0 Å². The molecule has 0 saturated carbocycles. The normalized spacial score (nSPS) is 15.8. The highest BCUT2D eigenvalue weighted by Gasteiger charge is 2.35. The number of rotatable bonds is 6. The molecule has 1 unspecified atom stereocenters. The molecule has 7 heteroatoms. The van der Waals surface area contributed by atoms with E-state index in [-0.39, 0.29) is 6.03 Å². The number of nitrogens with zero attached hydrogens (tertiary/aromatic N) is 3. The third-order valence-corrected chi connectivity index (χ3v) is 6.76. The molecule has 182 valence electrons. The van der Waals surface area contributed by atoms with Crippen LogP contribution < -0.4 is 5.32 Å². The number of hydrogen-bond acceptors (Lipinski definition) is 4. The zero-order chi connectivity index (χ0) is 25.2. The first-order valence-electron chi connectivity index (χ1n) is 12.0. The Balaban J connectivity index is 1.57. The molecular weight excluding hydrogens is 472 g/mol. The highest BCUT2D eigenvalue weighted by molar-refractivity contribution is 6.30. The molecule has 1 N–H and O–H groups in total. The fourth-order valence-electron chi connectivity index (χ4n) is 4.45. The van der Waals surface area contributed by atoms with Crippen LogP contribution in [-0.2, 0) is 13.0 Å². The summed E-state index contributed by atoms with van der Waals surface area (Å²) in [6.07, 6.45) is 0.969. The van der Waals surface area contributed by atoms with Gasteiger partial charge in [0.25, 0.3) is 5.89 Å². The van der Waals surface area contributed by atoms with Gasteiger partial charge in [-0.15, -0.1) is 0 Å². The predicted octanol–water partition coefficient (Wildman–Crippen LogP) is 6.96. The topological polar surface area (TPSA) is 71.3 Å². The van der Waals surface area contributed by atoms with Crippen LogP contribution in [0.15, 0.2) is 83.0 Å². The molecule has 1 aliphatic heterocycles. The van der Waals surface area contributed by atoms with Crippen molar-refractivity contribution in [3.8, 4) is 11.4 Å². The van der Waals surface area contributed by atoms with Gasteiger partial charge < -0.3 is 9.84 Å². The summed E-state index contributed by atoms with van der Waals surface area (Å²) in [5.74, 6) is 0.873. The van der Waals surface area contributed by atoms with Gasteiger partial charge in [0.15, 0.2) is 0 Å². The summed E-state index contributed by atoms with van der Waals surface area (Å²) < 4.78 is 5.79. The van der Waals surface area contributed by atoms with Crippen molar-refractivity contribution in [3.05, 3.63) is 112 Å². The van der Waals surface area contributed by atoms with Crippen LogP contribution in [0.2, 0.25) is 5.02 Å². The maximum Gasteiger partial charge on any atom is 0.322 e. The van der Waals surface area contributed by atoms with E-state index >= 15 is 0 Å². The molecule has 1 aliphatic rings. The van der Waals surface area contributed by atoms with Crippen molar-refractivity contribution >= 4 is 23.2 Å². The Labute approximate surface area is 215 Å². The number of nitrogens with one attached hydrogen (secondary N) is 1. The molecule has 2 heterocycles. The molecule has 0 spiro atoms. The van der Waals surface area contributed by atoms with E-state index in [0.29, 0.717) is 23.3 Å². The van der Waals surface area contributed by atoms with Crippen LogP contribution in [0.5, 0.6) is 0 Å². The van der Waals surface area contributed by atoms with Crippen molar-refractivity contribution in [1.82, 2.24) is 20.4 Å². The van der Waals surface area contributed by atoms with E-state index in [1.807, 2.05) is 62.4 Å². The molecule has 36 heavy (non-hydrogen) atoms. The summed E-state index contributed by atoms with van der Waals surface area (Å²) in [5, 5.41) is 8.02. The lowest BCUT2D eigenvalue weighted by Crippen LogP contribution is -2.45. The standard InChI is InChI=1S/C29H27ClN4O2/c1-4-20-8-10-21(11-9-20)17-34-19(3)25(26(31-29(34)35)22-12-14-24(30)15-13-22)28-32-27(33-36-28)23-7-5-6-18(2)16-23/h5-16,26H,4,17H2,1-3H3,(H,31,35). The van der Waals surface area contributed by atoms with Crippen molar-refractivity contribution in [2.75, 3.05) is 0 Å². The molecule has 1 atom stereocenters. The molecule has 6 nitrogen and oxygen atoms in total. The molecule has 5 rings (SSSR count). The summed E-state index contributed by atoms with van der Waals surface area (Å²) in [6.45, 7) is 6.50. The highest BCUT2D eigenvalue weighted by Crippen LogP contribution is 2.38. The monoisotopic (exact) mass is 498 g/mol. The number of hydrogen-bond donors (Lipinski definition) is 1. The Bertz CT molecular complexity index is 1420. The number of aromatic nitrogens is 2. The maximum absolute atomic E-state index is 13.3. The SMILES string of the molecule is CCc1ccc(CN2C(=O)NC(c3ccc(Cl)cc3)C(c3nc(-c4cccc(C)c4)no3)=C2C)cc1. The first-order chi connectivity index (χ1) is 17.4.